The number of benzene rings is 1. The van der Waals surface area contributed by atoms with Crippen LogP contribution >= 0.6 is 11.3 Å². The molecule has 1 heterocycles. The summed E-state index contributed by atoms with van der Waals surface area (Å²) in [6.45, 7) is 8.69. The number of anilines is 1. The molecular weight excluding hydrogens is 344 g/mol. The average Bonchev–Trinajstić information content (AvgIpc) is 2.98. The van der Waals surface area contributed by atoms with E-state index in [4.69, 9.17) is 5.73 Å². The number of nitrogens with one attached hydrogen (secondary N) is 1. The second-order valence-corrected chi connectivity index (χ2v) is 9.35. The van der Waals surface area contributed by atoms with Crippen LogP contribution in [0.4, 0.5) is 5.69 Å². The van der Waals surface area contributed by atoms with Gasteiger partial charge < -0.3 is 11.1 Å². The Hall–Kier alpha value is -2.14. The molecule has 3 rings (SSSR count). The maximum atomic E-state index is 12.7. The van der Waals surface area contributed by atoms with Gasteiger partial charge in [-0.3, -0.25) is 9.59 Å². The van der Waals surface area contributed by atoms with Crippen molar-refractivity contribution in [3.8, 4) is 0 Å². The second kappa shape index (κ2) is 6.88. The molecule has 0 radical (unpaired) electrons. The summed E-state index contributed by atoms with van der Waals surface area (Å²) in [4.78, 5) is 26.2. The standard InChI is InChI=1S/C21H26N2O2S/c1-12-5-7-15(11-16(12)19(22)24)23-20(25)18-10-13-9-14(21(2,3)4)6-8-17(13)26-18/h5,7,10-11,14H,6,8-9H2,1-4H3,(H2,22,24)(H,23,25). The first-order chi connectivity index (χ1) is 12.1. The molecule has 1 unspecified atom stereocenters. The summed E-state index contributed by atoms with van der Waals surface area (Å²) < 4.78 is 0. The summed E-state index contributed by atoms with van der Waals surface area (Å²) in [6, 6.07) is 7.26. The van der Waals surface area contributed by atoms with Gasteiger partial charge in [0.1, 0.15) is 0 Å². The Morgan fingerprint density at radius 3 is 2.62 bits per heavy atom. The van der Waals surface area contributed by atoms with Gasteiger partial charge >= 0.3 is 0 Å². The molecule has 0 bridgehead atoms. The molecule has 2 aromatic rings. The maximum absolute atomic E-state index is 12.7. The fourth-order valence-corrected chi connectivity index (χ4v) is 4.64. The van der Waals surface area contributed by atoms with Crippen LogP contribution in [0.2, 0.25) is 0 Å². The molecule has 138 valence electrons. The van der Waals surface area contributed by atoms with Gasteiger partial charge in [0.15, 0.2) is 0 Å². The molecule has 0 fully saturated rings. The molecule has 26 heavy (non-hydrogen) atoms. The average molecular weight is 371 g/mol. The Morgan fingerprint density at radius 2 is 1.96 bits per heavy atom. The van der Waals surface area contributed by atoms with Gasteiger partial charge in [-0.2, -0.15) is 0 Å². The molecule has 2 amide bonds. The Morgan fingerprint density at radius 1 is 1.23 bits per heavy atom. The van der Waals surface area contributed by atoms with Gasteiger partial charge in [-0.1, -0.05) is 26.8 Å². The number of fused-ring (bicyclic) bond motifs is 1. The number of hydrogen-bond donors (Lipinski definition) is 2. The second-order valence-electron chi connectivity index (χ2n) is 8.21. The number of rotatable bonds is 3. The zero-order valence-electron chi connectivity index (χ0n) is 15.8. The number of carbonyl (C=O) groups is 2. The zero-order chi connectivity index (χ0) is 19.1. The number of nitrogens with two attached hydrogens (primary N) is 1. The molecule has 5 heteroatoms. The predicted molar refractivity (Wildman–Crippen MR) is 107 cm³/mol. The van der Waals surface area contributed by atoms with Crippen molar-refractivity contribution in [1.29, 1.82) is 0 Å². The topological polar surface area (TPSA) is 72.2 Å². The van der Waals surface area contributed by atoms with Gasteiger partial charge in [0.25, 0.3) is 5.91 Å². The van der Waals surface area contributed by atoms with Crippen LogP contribution in [0, 0.1) is 18.3 Å². The lowest BCUT2D eigenvalue weighted by molar-refractivity contribution is 0.0996. The van der Waals surface area contributed by atoms with Crippen LogP contribution in [0.1, 0.15) is 63.2 Å². The number of aryl methyl sites for hydroxylation is 2. The van der Waals surface area contributed by atoms with Crippen LogP contribution < -0.4 is 11.1 Å². The highest BCUT2D eigenvalue weighted by atomic mass is 32.1. The summed E-state index contributed by atoms with van der Waals surface area (Å²) in [6.07, 6.45) is 3.27. The van der Waals surface area contributed by atoms with E-state index in [1.165, 1.54) is 16.9 Å². The van der Waals surface area contributed by atoms with Crippen molar-refractivity contribution in [2.75, 3.05) is 5.32 Å². The Balaban J connectivity index is 1.77. The van der Waals surface area contributed by atoms with Gasteiger partial charge in [0, 0.05) is 16.1 Å². The molecule has 1 atom stereocenters. The Kier molecular flexibility index (Phi) is 4.93. The van der Waals surface area contributed by atoms with E-state index in [0.29, 0.717) is 17.2 Å². The molecule has 1 aromatic carbocycles. The van der Waals surface area contributed by atoms with Crippen LogP contribution in [0.5, 0.6) is 0 Å². The molecule has 0 saturated heterocycles. The molecule has 4 nitrogen and oxygen atoms in total. The summed E-state index contributed by atoms with van der Waals surface area (Å²) in [7, 11) is 0. The normalized spacial score (nSPS) is 16.8. The van der Waals surface area contributed by atoms with Gasteiger partial charge in [0.05, 0.1) is 4.88 Å². The molecule has 0 aliphatic heterocycles. The van der Waals surface area contributed by atoms with Crippen molar-refractivity contribution in [3.63, 3.8) is 0 Å². The van der Waals surface area contributed by atoms with Gasteiger partial charge in [-0.05, 0) is 66.8 Å². The lowest BCUT2D eigenvalue weighted by atomic mass is 9.72. The first-order valence-electron chi connectivity index (χ1n) is 8.98. The minimum absolute atomic E-state index is 0.129. The third kappa shape index (κ3) is 3.83. The quantitative estimate of drug-likeness (QED) is 0.831. The lowest BCUT2D eigenvalue weighted by Gasteiger charge is -2.33. The minimum atomic E-state index is -0.488. The third-order valence-electron chi connectivity index (χ3n) is 5.29. The van der Waals surface area contributed by atoms with E-state index < -0.39 is 5.91 Å². The van der Waals surface area contributed by atoms with E-state index in [0.717, 1.165) is 23.3 Å². The van der Waals surface area contributed by atoms with E-state index in [1.807, 2.05) is 13.0 Å². The molecule has 3 N–H and O–H groups in total. The Labute approximate surface area is 158 Å². The molecule has 1 aliphatic carbocycles. The first kappa shape index (κ1) is 18.6. The van der Waals surface area contributed by atoms with E-state index in [9.17, 15) is 9.59 Å². The van der Waals surface area contributed by atoms with Crippen LogP contribution in [-0.2, 0) is 12.8 Å². The lowest BCUT2D eigenvalue weighted by Crippen LogP contribution is -2.26. The molecule has 0 saturated carbocycles. The number of primary amides is 1. The van der Waals surface area contributed by atoms with Gasteiger partial charge in [0.2, 0.25) is 5.91 Å². The number of thiophene rings is 1. The third-order valence-corrected chi connectivity index (χ3v) is 6.53. The highest BCUT2D eigenvalue weighted by molar-refractivity contribution is 7.14. The SMILES string of the molecule is Cc1ccc(NC(=O)c2cc3c(s2)CCC(C(C)(C)C)C3)cc1C(N)=O. The fourth-order valence-electron chi connectivity index (χ4n) is 3.53. The molecule has 1 aliphatic rings. The van der Waals surface area contributed by atoms with Crippen molar-refractivity contribution < 1.29 is 9.59 Å². The van der Waals surface area contributed by atoms with E-state index in [1.54, 1.807) is 29.5 Å². The van der Waals surface area contributed by atoms with Gasteiger partial charge in [-0.25, -0.2) is 0 Å². The molecule has 0 spiro atoms. The minimum Gasteiger partial charge on any atom is -0.366 e. The maximum Gasteiger partial charge on any atom is 0.265 e. The highest BCUT2D eigenvalue weighted by Crippen LogP contribution is 2.40. The van der Waals surface area contributed by atoms with E-state index in [2.05, 4.69) is 26.1 Å². The number of carbonyl (C=O) groups excluding carboxylic acids is 2. The Bertz CT molecular complexity index is 861. The van der Waals surface area contributed by atoms with Crippen molar-refractivity contribution >= 4 is 28.8 Å². The summed E-state index contributed by atoms with van der Waals surface area (Å²) in [5, 5.41) is 2.89. The molecular formula is C21H26N2O2S. The summed E-state index contributed by atoms with van der Waals surface area (Å²) >= 11 is 1.59. The monoisotopic (exact) mass is 370 g/mol. The van der Waals surface area contributed by atoms with Crippen LogP contribution in [0.15, 0.2) is 24.3 Å². The van der Waals surface area contributed by atoms with Crippen LogP contribution in [0.3, 0.4) is 0 Å². The van der Waals surface area contributed by atoms with E-state index in [-0.39, 0.29) is 11.3 Å². The first-order valence-corrected chi connectivity index (χ1v) is 9.80. The summed E-state index contributed by atoms with van der Waals surface area (Å²) in [5.74, 6) is 0.0325. The number of amides is 2. The fraction of sp³-hybridized carbons (Fsp3) is 0.429. The van der Waals surface area contributed by atoms with Crippen molar-refractivity contribution in [1.82, 2.24) is 0 Å². The summed E-state index contributed by atoms with van der Waals surface area (Å²) in [5.41, 5.74) is 8.81. The highest BCUT2D eigenvalue weighted by Gasteiger charge is 2.30. The largest absolute Gasteiger partial charge is 0.366 e. The van der Waals surface area contributed by atoms with Crippen LogP contribution in [-0.4, -0.2) is 11.8 Å². The van der Waals surface area contributed by atoms with Gasteiger partial charge in [-0.15, -0.1) is 11.3 Å². The zero-order valence-corrected chi connectivity index (χ0v) is 16.6. The van der Waals surface area contributed by atoms with Crippen molar-refractivity contribution in [2.45, 2.75) is 47.0 Å². The molecule has 1 aromatic heterocycles. The van der Waals surface area contributed by atoms with Crippen LogP contribution in [0.25, 0.3) is 0 Å². The van der Waals surface area contributed by atoms with Crippen molar-refractivity contribution in [3.05, 3.63) is 50.7 Å². The smallest absolute Gasteiger partial charge is 0.265 e. The predicted octanol–water partition coefficient (Wildman–Crippen LogP) is 4.56. The van der Waals surface area contributed by atoms with E-state index >= 15 is 0 Å². The number of hydrogen-bond acceptors (Lipinski definition) is 3. The van der Waals surface area contributed by atoms with Crippen molar-refractivity contribution in [2.24, 2.45) is 17.1 Å².